The van der Waals surface area contributed by atoms with Crippen molar-refractivity contribution < 1.29 is 13.2 Å². The number of rotatable bonds is 8. The number of nitrogens with zero attached hydrogens (tertiary/aromatic N) is 2. The minimum atomic E-state index is -4.05. The van der Waals surface area contributed by atoms with Crippen molar-refractivity contribution in [2.24, 2.45) is 5.10 Å². The Hall–Kier alpha value is -1.65. The minimum absolute atomic E-state index is 0.0185. The lowest BCUT2D eigenvalue weighted by Crippen LogP contribution is -2.39. The van der Waals surface area contributed by atoms with Gasteiger partial charge in [0.1, 0.15) is 0 Å². The Morgan fingerprint density at radius 2 is 1.56 bits per heavy atom. The summed E-state index contributed by atoms with van der Waals surface area (Å²) in [6.45, 7) is -0.669. The van der Waals surface area contributed by atoms with Crippen molar-refractivity contribution >= 4 is 84.5 Å². The molecular formula is C22H16BrCl4N3O3S. The Morgan fingerprint density at radius 1 is 0.941 bits per heavy atom. The van der Waals surface area contributed by atoms with E-state index in [0.29, 0.717) is 30.7 Å². The van der Waals surface area contributed by atoms with E-state index < -0.39 is 22.5 Å². The van der Waals surface area contributed by atoms with Gasteiger partial charge in [-0.05, 0) is 54.1 Å². The lowest BCUT2D eigenvalue weighted by atomic mass is 10.2. The highest BCUT2D eigenvalue weighted by molar-refractivity contribution is 9.10. The number of benzene rings is 3. The molecule has 0 radical (unpaired) electrons. The van der Waals surface area contributed by atoms with Gasteiger partial charge in [0.2, 0.25) is 10.0 Å². The Balaban J connectivity index is 1.83. The maximum absolute atomic E-state index is 13.3. The van der Waals surface area contributed by atoms with Crippen LogP contribution in [0, 0.1) is 0 Å². The molecule has 0 saturated carbocycles. The number of sulfonamides is 1. The van der Waals surface area contributed by atoms with E-state index in [4.69, 9.17) is 46.4 Å². The molecule has 34 heavy (non-hydrogen) atoms. The molecule has 0 aliphatic heterocycles. The van der Waals surface area contributed by atoms with Crippen molar-refractivity contribution in [2.75, 3.05) is 6.54 Å². The van der Waals surface area contributed by atoms with E-state index in [1.165, 1.54) is 30.5 Å². The smallest absolute Gasteiger partial charge is 0.255 e. The molecule has 1 N–H and O–H groups in total. The molecule has 178 valence electrons. The topological polar surface area (TPSA) is 78.8 Å². The molecule has 3 aromatic rings. The van der Waals surface area contributed by atoms with Crippen LogP contribution in [0.3, 0.4) is 0 Å². The van der Waals surface area contributed by atoms with Gasteiger partial charge in [0, 0.05) is 31.6 Å². The quantitative estimate of drug-likeness (QED) is 0.233. The Kier molecular flexibility index (Phi) is 9.40. The Morgan fingerprint density at radius 3 is 2.18 bits per heavy atom. The van der Waals surface area contributed by atoms with Crippen LogP contribution < -0.4 is 5.43 Å². The molecule has 0 aromatic heterocycles. The molecule has 0 spiro atoms. The first kappa shape index (κ1) is 26.9. The first-order valence-electron chi connectivity index (χ1n) is 9.53. The normalized spacial score (nSPS) is 11.8. The van der Waals surface area contributed by atoms with Gasteiger partial charge in [0.05, 0.1) is 22.7 Å². The second-order valence-corrected chi connectivity index (χ2v) is 11.5. The number of amides is 1. The van der Waals surface area contributed by atoms with Crippen molar-refractivity contribution in [1.82, 2.24) is 9.73 Å². The summed E-state index contributed by atoms with van der Waals surface area (Å²) in [4.78, 5) is 12.6. The first-order valence-corrected chi connectivity index (χ1v) is 13.3. The number of hydrogen-bond donors (Lipinski definition) is 1. The van der Waals surface area contributed by atoms with E-state index in [1.807, 2.05) is 0 Å². The fraction of sp³-hybridized carbons (Fsp3) is 0.0909. The van der Waals surface area contributed by atoms with Crippen LogP contribution in [-0.2, 0) is 21.4 Å². The molecule has 0 aliphatic rings. The van der Waals surface area contributed by atoms with E-state index in [-0.39, 0.29) is 16.5 Å². The number of carbonyl (C=O) groups is 1. The lowest BCUT2D eigenvalue weighted by Gasteiger charge is -2.22. The van der Waals surface area contributed by atoms with Gasteiger partial charge >= 0.3 is 0 Å². The zero-order valence-electron chi connectivity index (χ0n) is 17.2. The van der Waals surface area contributed by atoms with E-state index >= 15 is 0 Å². The fourth-order valence-corrected chi connectivity index (χ4v) is 5.36. The highest BCUT2D eigenvalue weighted by Gasteiger charge is 2.27. The summed E-state index contributed by atoms with van der Waals surface area (Å²) in [6.07, 6.45) is 1.33. The van der Waals surface area contributed by atoms with Crippen LogP contribution in [0.2, 0.25) is 20.1 Å². The second kappa shape index (κ2) is 11.9. The van der Waals surface area contributed by atoms with Crippen LogP contribution in [0.1, 0.15) is 11.1 Å². The Bertz CT molecular complexity index is 1340. The van der Waals surface area contributed by atoms with Gasteiger partial charge in [-0.2, -0.15) is 9.41 Å². The number of carbonyl (C=O) groups excluding carboxylic acids is 1. The molecule has 0 bridgehead atoms. The highest BCUT2D eigenvalue weighted by atomic mass is 79.9. The lowest BCUT2D eigenvalue weighted by molar-refractivity contribution is -0.121. The molecule has 0 saturated heterocycles. The summed E-state index contributed by atoms with van der Waals surface area (Å²) in [5.41, 5.74) is 3.33. The number of hydrazone groups is 1. The maximum Gasteiger partial charge on any atom is 0.255 e. The van der Waals surface area contributed by atoms with Gasteiger partial charge in [-0.1, -0.05) is 74.5 Å². The molecule has 12 heteroatoms. The number of nitrogens with one attached hydrogen (secondary N) is 1. The van der Waals surface area contributed by atoms with E-state index in [0.717, 1.165) is 4.31 Å². The SMILES string of the molecule is O=C(CN(Cc1ccc(Cl)cc1Cl)S(=O)(=O)c1ccc(Br)cc1)N/N=C/c1ccc(Cl)cc1Cl. The standard InChI is InChI=1S/C22H16BrCl4N3O3S/c23-16-3-7-19(8-4-16)34(32,33)30(12-15-2-6-18(25)10-21(15)27)13-22(31)29-28-11-14-1-5-17(24)9-20(14)26/h1-11H,12-13H2,(H,29,31)/b28-11+. The number of halogens is 5. The third kappa shape index (κ3) is 7.18. The summed E-state index contributed by atoms with van der Waals surface area (Å²) < 4.78 is 28.4. The predicted molar refractivity (Wildman–Crippen MR) is 140 cm³/mol. The van der Waals surface area contributed by atoms with Crippen LogP contribution in [0.5, 0.6) is 0 Å². The summed E-state index contributed by atoms with van der Waals surface area (Å²) in [6, 6.07) is 15.6. The van der Waals surface area contributed by atoms with E-state index in [2.05, 4.69) is 26.5 Å². The van der Waals surface area contributed by atoms with Gasteiger partial charge in [0.15, 0.2) is 0 Å². The van der Waals surface area contributed by atoms with E-state index in [9.17, 15) is 13.2 Å². The first-order chi connectivity index (χ1) is 16.1. The molecule has 0 aliphatic carbocycles. The average molecular weight is 624 g/mol. The van der Waals surface area contributed by atoms with Crippen LogP contribution in [0.4, 0.5) is 0 Å². The monoisotopic (exact) mass is 621 g/mol. The second-order valence-electron chi connectivity index (χ2n) is 6.92. The van der Waals surface area contributed by atoms with Gasteiger partial charge in [0.25, 0.3) is 5.91 Å². The molecule has 0 atom stereocenters. The third-order valence-corrected chi connectivity index (χ3v) is 7.97. The minimum Gasteiger partial charge on any atom is -0.272 e. The van der Waals surface area contributed by atoms with Crippen molar-refractivity contribution in [1.29, 1.82) is 0 Å². The van der Waals surface area contributed by atoms with Gasteiger partial charge in [-0.25, -0.2) is 13.8 Å². The maximum atomic E-state index is 13.3. The van der Waals surface area contributed by atoms with Crippen LogP contribution in [-0.4, -0.2) is 31.4 Å². The molecule has 3 rings (SSSR count). The van der Waals surface area contributed by atoms with Crippen LogP contribution >= 0.6 is 62.3 Å². The fourth-order valence-electron chi connectivity index (χ4n) is 2.80. The predicted octanol–water partition coefficient (Wildman–Crippen LogP) is 6.40. The molecule has 0 heterocycles. The highest BCUT2D eigenvalue weighted by Crippen LogP contribution is 2.26. The van der Waals surface area contributed by atoms with E-state index in [1.54, 1.807) is 36.4 Å². The molecule has 0 fully saturated rings. The summed E-state index contributed by atoms with van der Waals surface area (Å²) >= 11 is 27.4. The molecular weight excluding hydrogens is 608 g/mol. The van der Waals surface area contributed by atoms with Crippen molar-refractivity contribution in [3.8, 4) is 0 Å². The van der Waals surface area contributed by atoms with Gasteiger partial charge in [-0.3, -0.25) is 4.79 Å². The summed E-state index contributed by atoms with van der Waals surface area (Å²) in [7, 11) is -4.05. The largest absolute Gasteiger partial charge is 0.272 e. The summed E-state index contributed by atoms with van der Waals surface area (Å²) in [5, 5.41) is 5.36. The van der Waals surface area contributed by atoms with Crippen molar-refractivity contribution in [2.45, 2.75) is 11.4 Å². The van der Waals surface area contributed by atoms with Crippen LogP contribution in [0.15, 0.2) is 75.1 Å². The van der Waals surface area contributed by atoms with Crippen molar-refractivity contribution in [3.63, 3.8) is 0 Å². The van der Waals surface area contributed by atoms with Crippen molar-refractivity contribution in [3.05, 3.63) is 96.4 Å². The number of hydrogen-bond acceptors (Lipinski definition) is 4. The van der Waals surface area contributed by atoms with Crippen LogP contribution in [0.25, 0.3) is 0 Å². The zero-order chi connectivity index (χ0) is 24.9. The van der Waals surface area contributed by atoms with Gasteiger partial charge < -0.3 is 0 Å². The molecule has 1 amide bonds. The third-order valence-electron chi connectivity index (χ3n) is 4.49. The molecule has 3 aromatic carbocycles. The molecule has 6 nitrogen and oxygen atoms in total. The molecule has 0 unspecified atom stereocenters. The summed E-state index contributed by atoms with van der Waals surface area (Å²) in [5.74, 6) is -0.660. The van der Waals surface area contributed by atoms with Gasteiger partial charge in [-0.15, -0.1) is 0 Å². The average Bonchev–Trinajstić information content (AvgIpc) is 2.77. The zero-order valence-corrected chi connectivity index (χ0v) is 22.6. The Labute approximate surface area is 225 Å².